The molecule has 0 bridgehead atoms. The van der Waals surface area contributed by atoms with Crippen molar-refractivity contribution in [3.05, 3.63) is 65.2 Å². The first-order valence-corrected chi connectivity index (χ1v) is 7.92. The molecule has 0 fully saturated rings. The highest BCUT2D eigenvalue weighted by atomic mass is 16.5. The van der Waals surface area contributed by atoms with E-state index in [4.69, 9.17) is 4.74 Å². The lowest BCUT2D eigenvalue weighted by Crippen LogP contribution is -2.36. The van der Waals surface area contributed by atoms with Gasteiger partial charge in [0.1, 0.15) is 5.75 Å². The summed E-state index contributed by atoms with van der Waals surface area (Å²) in [6.07, 6.45) is 0. The van der Waals surface area contributed by atoms with E-state index in [1.54, 1.807) is 24.3 Å². The van der Waals surface area contributed by atoms with Crippen molar-refractivity contribution < 1.29 is 14.3 Å². The van der Waals surface area contributed by atoms with Gasteiger partial charge in [0.25, 0.3) is 5.91 Å². The number of hydrogen-bond acceptors (Lipinski definition) is 3. The number of benzene rings is 2. The molecule has 0 spiro atoms. The van der Waals surface area contributed by atoms with E-state index in [0.29, 0.717) is 18.7 Å². The van der Waals surface area contributed by atoms with Gasteiger partial charge >= 0.3 is 0 Å². The third kappa shape index (κ3) is 5.12. The van der Waals surface area contributed by atoms with Gasteiger partial charge < -0.3 is 15.4 Å². The Bertz CT molecular complexity index is 699. The highest BCUT2D eigenvalue weighted by Gasteiger charge is 2.07. The van der Waals surface area contributed by atoms with E-state index in [-0.39, 0.29) is 18.4 Å². The van der Waals surface area contributed by atoms with Gasteiger partial charge in [0.15, 0.2) is 0 Å². The second kappa shape index (κ2) is 8.72. The van der Waals surface area contributed by atoms with Crippen LogP contribution in [0.15, 0.2) is 48.5 Å². The molecule has 2 N–H and O–H groups in total. The number of aryl methyl sites for hydroxylation is 1. The van der Waals surface area contributed by atoms with E-state index < -0.39 is 0 Å². The molecule has 2 amide bonds. The van der Waals surface area contributed by atoms with E-state index >= 15 is 0 Å². The Morgan fingerprint density at radius 2 is 1.79 bits per heavy atom. The van der Waals surface area contributed by atoms with Gasteiger partial charge in [0, 0.05) is 12.1 Å². The maximum Gasteiger partial charge on any atom is 0.251 e. The van der Waals surface area contributed by atoms with E-state index in [0.717, 1.165) is 16.9 Å². The molecule has 0 unspecified atom stereocenters. The fraction of sp³-hybridized carbons (Fsp3) is 0.263. The van der Waals surface area contributed by atoms with Gasteiger partial charge in [-0.15, -0.1) is 0 Å². The smallest absolute Gasteiger partial charge is 0.251 e. The quantitative estimate of drug-likeness (QED) is 0.821. The minimum Gasteiger partial charge on any atom is -0.494 e. The van der Waals surface area contributed by atoms with Crippen LogP contribution >= 0.6 is 0 Å². The van der Waals surface area contributed by atoms with Crippen molar-refractivity contribution in [1.82, 2.24) is 10.6 Å². The van der Waals surface area contributed by atoms with Gasteiger partial charge in [0.05, 0.1) is 13.2 Å². The zero-order valence-electron chi connectivity index (χ0n) is 14.0. The highest BCUT2D eigenvalue weighted by Crippen LogP contribution is 2.18. The standard InChI is InChI=1S/C19H22N2O3/c1-3-24-17-10-9-15(11-14(17)2)12-20-18(22)13-21-19(23)16-7-5-4-6-8-16/h4-11H,3,12-13H2,1-2H3,(H,20,22)(H,21,23). The molecule has 126 valence electrons. The molecule has 2 rings (SSSR count). The molecule has 5 nitrogen and oxygen atoms in total. The van der Waals surface area contributed by atoms with E-state index in [9.17, 15) is 9.59 Å². The van der Waals surface area contributed by atoms with Gasteiger partial charge in [-0.25, -0.2) is 0 Å². The van der Waals surface area contributed by atoms with E-state index in [1.165, 1.54) is 0 Å². The molecular weight excluding hydrogens is 304 g/mol. The molecule has 0 saturated heterocycles. The highest BCUT2D eigenvalue weighted by molar-refractivity contribution is 5.96. The minimum atomic E-state index is -0.261. The predicted molar refractivity (Wildman–Crippen MR) is 93.0 cm³/mol. The first kappa shape index (κ1) is 17.5. The molecule has 0 heterocycles. The van der Waals surface area contributed by atoms with E-state index in [2.05, 4.69) is 10.6 Å². The zero-order chi connectivity index (χ0) is 17.4. The SMILES string of the molecule is CCOc1ccc(CNC(=O)CNC(=O)c2ccccc2)cc1C. The second-order valence-corrected chi connectivity index (χ2v) is 5.36. The third-order valence-electron chi connectivity index (χ3n) is 3.47. The van der Waals surface area contributed by atoms with Crippen molar-refractivity contribution in [2.45, 2.75) is 20.4 Å². The van der Waals surface area contributed by atoms with Crippen LogP contribution in [0.1, 0.15) is 28.4 Å². The van der Waals surface area contributed by atoms with Crippen LogP contribution in [0.25, 0.3) is 0 Å². The topological polar surface area (TPSA) is 67.4 Å². The molecule has 0 aliphatic rings. The average Bonchev–Trinajstić information content (AvgIpc) is 2.61. The van der Waals surface area contributed by atoms with Crippen molar-refractivity contribution in [1.29, 1.82) is 0 Å². The van der Waals surface area contributed by atoms with Gasteiger partial charge in [0.2, 0.25) is 5.91 Å². The van der Waals surface area contributed by atoms with Crippen molar-refractivity contribution in [3.8, 4) is 5.75 Å². The van der Waals surface area contributed by atoms with Crippen molar-refractivity contribution >= 4 is 11.8 Å². The first-order valence-electron chi connectivity index (χ1n) is 7.92. The third-order valence-corrected chi connectivity index (χ3v) is 3.47. The number of rotatable bonds is 7. The zero-order valence-corrected chi connectivity index (χ0v) is 14.0. The summed E-state index contributed by atoms with van der Waals surface area (Å²) in [4.78, 5) is 23.7. The average molecular weight is 326 g/mol. The van der Waals surface area contributed by atoms with Crippen molar-refractivity contribution in [2.75, 3.05) is 13.2 Å². The Balaban J connectivity index is 1.79. The Kier molecular flexibility index (Phi) is 6.37. The van der Waals surface area contributed by atoms with Gasteiger partial charge in [-0.3, -0.25) is 9.59 Å². The number of hydrogen-bond donors (Lipinski definition) is 2. The molecule has 24 heavy (non-hydrogen) atoms. The minimum absolute atomic E-state index is 0.0518. The van der Waals surface area contributed by atoms with Crippen LogP contribution in [-0.2, 0) is 11.3 Å². The van der Waals surface area contributed by atoms with Crippen LogP contribution < -0.4 is 15.4 Å². The molecular formula is C19H22N2O3. The molecule has 2 aromatic carbocycles. The summed E-state index contributed by atoms with van der Waals surface area (Å²) in [6, 6.07) is 14.6. The van der Waals surface area contributed by atoms with Crippen molar-refractivity contribution in [2.24, 2.45) is 0 Å². The number of amides is 2. The van der Waals surface area contributed by atoms with Crippen LogP contribution in [0.4, 0.5) is 0 Å². The number of carbonyl (C=O) groups is 2. The summed E-state index contributed by atoms with van der Waals surface area (Å²) >= 11 is 0. The summed E-state index contributed by atoms with van der Waals surface area (Å²) in [5.74, 6) is 0.358. The lowest BCUT2D eigenvalue weighted by atomic mass is 10.1. The summed E-state index contributed by atoms with van der Waals surface area (Å²) in [5, 5.41) is 5.39. The summed E-state index contributed by atoms with van der Waals surface area (Å²) in [7, 11) is 0. The molecule has 5 heteroatoms. The maximum absolute atomic E-state index is 11.9. The summed E-state index contributed by atoms with van der Waals surface area (Å²) in [5.41, 5.74) is 2.55. The Labute approximate surface area is 142 Å². The fourth-order valence-electron chi connectivity index (χ4n) is 2.25. The van der Waals surface area contributed by atoms with Gasteiger partial charge in [-0.1, -0.05) is 30.3 Å². The van der Waals surface area contributed by atoms with Gasteiger partial charge in [-0.05, 0) is 43.2 Å². The Morgan fingerprint density at radius 3 is 2.46 bits per heavy atom. The van der Waals surface area contributed by atoms with Crippen molar-refractivity contribution in [3.63, 3.8) is 0 Å². The van der Waals surface area contributed by atoms with Crippen LogP contribution in [0.5, 0.6) is 5.75 Å². The first-order chi connectivity index (χ1) is 11.6. The normalized spacial score (nSPS) is 10.1. The Morgan fingerprint density at radius 1 is 1.04 bits per heavy atom. The van der Waals surface area contributed by atoms with Crippen LogP contribution in [0, 0.1) is 6.92 Å². The molecule has 2 aromatic rings. The molecule has 0 aliphatic carbocycles. The largest absolute Gasteiger partial charge is 0.494 e. The number of ether oxygens (including phenoxy) is 1. The van der Waals surface area contributed by atoms with Crippen LogP contribution in [0.3, 0.4) is 0 Å². The number of carbonyl (C=O) groups excluding carboxylic acids is 2. The second-order valence-electron chi connectivity index (χ2n) is 5.36. The summed E-state index contributed by atoms with van der Waals surface area (Å²) in [6.45, 7) is 4.89. The predicted octanol–water partition coefficient (Wildman–Crippen LogP) is 2.44. The lowest BCUT2D eigenvalue weighted by molar-refractivity contribution is -0.120. The Hall–Kier alpha value is -2.82. The molecule has 0 aliphatic heterocycles. The monoisotopic (exact) mass is 326 g/mol. The fourth-order valence-corrected chi connectivity index (χ4v) is 2.25. The summed E-state index contributed by atoms with van der Waals surface area (Å²) < 4.78 is 5.49. The maximum atomic E-state index is 11.9. The van der Waals surface area contributed by atoms with Crippen LogP contribution in [0.2, 0.25) is 0 Å². The molecule has 0 atom stereocenters. The molecule has 0 radical (unpaired) electrons. The lowest BCUT2D eigenvalue weighted by Gasteiger charge is -2.10. The molecule has 0 saturated carbocycles. The molecule has 0 aromatic heterocycles. The van der Waals surface area contributed by atoms with E-state index in [1.807, 2.05) is 38.1 Å². The van der Waals surface area contributed by atoms with Crippen LogP contribution in [-0.4, -0.2) is 25.0 Å². The number of nitrogens with one attached hydrogen (secondary N) is 2. The van der Waals surface area contributed by atoms with Gasteiger partial charge in [-0.2, -0.15) is 0 Å².